The number of halogens is 1. The van der Waals surface area contributed by atoms with E-state index < -0.39 is 23.5 Å². The third-order valence-corrected chi connectivity index (χ3v) is 5.26. The largest absolute Gasteiger partial charge is 0.507 e. The highest BCUT2D eigenvalue weighted by molar-refractivity contribution is 6.46. The molecule has 1 aromatic heterocycles. The molecule has 4 rings (SSSR count). The van der Waals surface area contributed by atoms with E-state index in [2.05, 4.69) is 4.98 Å². The molecular formula is C26H23FN2O4. The van der Waals surface area contributed by atoms with Gasteiger partial charge in [-0.25, -0.2) is 4.39 Å². The molecule has 0 bridgehead atoms. The highest BCUT2D eigenvalue weighted by Crippen LogP contribution is 2.40. The number of rotatable bonds is 6. The Bertz CT molecular complexity index is 1210. The van der Waals surface area contributed by atoms with Crippen LogP contribution < -0.4 is 4.74 Å². The molecule has 2 aromatic carbocycles. The van der Waals surface area contributed by atoms with Crippen molar-refractivity contribution in [2.75, 3.05) is 0 Å². The van der Waals surface area contributed by atoms with E-state index in [4.69, 9.17) is 4.74 Å². The first-order chi connectivity index (χ1) is 15.8. The van der Waals surface area contributed by atoms with E-state index in [0.717, 1.165) is 0 Å². The van der Waals surface area contributed by atoms with Crippen LogP contribution in [0.5, 0.6) is 5.75 Å². The number of amides is 1. The minimum absolute atomic E-state index is 0.0563. The summed E-state index contributed by atoms with van der Waals surface area (Å²) in [6.07, 6.45) is 1.52. The minimum Gasteiger partial charge on any atom is -0.507 e. The van der Waals surface area contributed by atoms with Crippen molar-refractivity contribution < 1.29 is 23.8 Å². The minimum atomic E-state index is -0.901. The molecule has 168 valence electrons. The molecule has 6 nitrogen and oxygen atoms in total. The molecule has 1 aliphatic heterocycles. The number of aromatic nitrogens is 1. The second-order valence-corrected chi connectivity index (χ2v) is 7.99. The fourth-order valence-corrected chi connectivity index (χ4v) is 3.85. The highest BCUT2D eigenvalue weighted by Gasteiger charge is 2.46. The van der Waals surface area contributed by atoms with Crippen molar-refractivity contribution in [3.05, 3.63) is 101 Å². The van der Waals surface area contributed by atoms with E-state index in [1.807, 2.05) is 13.8 Å². The predicted molar refractivity (Wildman–Crippen MR) is 121 cm³/mol. The molecule has 0 radical (unpaired) electrons. The smallest absolute Gasteiger partial charge is 0.296 e. The van der Waals surface area contributed by atoms with Crippen LogP contribution in [0.15, 0.2) is 78.5 Å². The maximum absolute atomic E-state index is 13.6. The van der Waals surface area contributed by atoms with E-state index in [0.29, 0.717) is 22.6 Å². The van der Waals surface area contributed by atoms with Crippen LogP contribution in [0, 0.1) is 5.82 Å². The number of pyridine rings is 1. The molecule has 33 heavy (non-hydrogen) atoms. The Morgan fingerprint density at radius 1 is 1.09 bits per heavy atom. The molecule has 1 fully saturated rings. The van der Waals surface area contributed by atoms with E-state index >= 15 is 0 Å². The summed E-state index contributed by atoms with van der Waals surface area (Å²) in [7, 11) is 0. The molecule has 1 saturated heterocycles. The first-order valence-electron chi connectivity index (χ1n) is 10.6. The van der Waals surface area contributed by atoms with Crippen molar-refractivity contribution in [2.45, 2.75) is 32.5 Å². The third kappa shape index (κ3) is 4.62. The number of hydrogen-bond acceptors (Lipinski definition) is 5. The zero-order chi connectivity index (χ0) is 23.5. The molecule has 1 amide bonds. The first-order valence-corrected chi connectivity index (χ1v) is 10.6. The zero-order valence-electron chi connectivity index (χ0n) is 18.2. The molecule has 1 atom stereocenters. The summed E-state index contributed by atoms with van der Waals surface area (Å²) in [6, 6.07) is 16.6. The Balaban J connectivity index is 1.83. The van der Waals surface area contributed by atoms with Gasteiger partial charge in [-0.3, -0.25) is 14.6 Å². The van der Waals surface area contributed by atoms with Gasteiger partial charge in [0, 0.05) is 11.8 Å². The van der Waals surface area contributed by atoms with Crippen LogP contribution in [-0.4, -0.2) is 32.8 Å². The molecule has 3 aromatic rings. The van der Waals surface area contributed by atoms with Gasteiger partial charge in [-0.2, -0.15) is 0 Å². The Hall–Kier alpha value is -4.00. The Kier molecular flexibility index (Phi) is 6.22. The lowest BCUT2D eigenvalue weighted by atomic mass is 9.95. The molecule has 1 aliphatic rings. The topological polar surface area (TPSA) is 79.7 Å². The fourth-order valence-electron chi connectivity index (χ4n) is 3.85. The van der Waals surface area contributed by atoms with Crippen LogP contribution in [-0.2, 0) is 16.1 Å². The fraction of sp³-hybridized carbons (Fsp3) is 0.192. The number of nitrogens with zero attached hydrogens (tertiary/aromatic N) is 2. The standard InChI is InChI=1S/C26H23FN2O4/c1-16(2)33-21-8-5-6-18(14-21)24(30)22-23(17-9-11-19(27)12-10-17)29(26(32)25(22)31)15-20-7-3-4-13-28-20/h3-14,16,23,30H,15H2,1-2H3/b24-22-. The second-order valence-electron chi connectivity index (χ2n) is 7.99. The van der Waals surface area contributed by atoms with Gasteiger partial charge in [-0.1, -0.05) is 30.3 Å². The normalized spacial score (nSPS) is 17.6. The number of Topliss-reactive ketones (excluding diaryl/α,β-unsaturated/α-hetero) is 1. The van der Waals surface area contributed by atoms with Crippen molar-refractivity contribution >= 4 is 17.4 Å². The summed E-state index contributed by atoms with van der Waals surface area (Å²) in [4.78, 5) is 31.7. The lowest BCUT2D eigenvalue weighted by Crippen LogP contribution is -2.29. The van der Waals surface area contributed by atoms with Crippen molar-refractivity contribution in [1.82, 2.24) is 9.88 Å². The van der Waals surface area contributed by atoms with Crippen LogP contribution in [0.25, 0.3) is 5.76 Å². The van der Waals surface area contributed by atoms with Gasteiger partial charge in [-0.05, 0) is 55.8 Å². The molecule has 0 spiro atoms. The quantitative estimate of drug-likeness (QED) is 0.339. The Labute approximate surface area is 191 Å². The summed E-state index contributed by atoms with van der Waals surface area (Å²) in [5.74, 6) is -1.81. The summed E-state index contributed by atoms with van der Waals surface area (Å²) in [6.45, 7) is 3.81. The van der Waals surface area contributed by atoms with E-state index in [1.165, 1.54) is 29.2 Å². The molecule has 1 unspecified atom stereocenters. The van der Waals surface area contributed by atoms with Crippen LogP contribution in [0.2, 0.25) is 0 Å². The Morgan fingerprint density at radius 2 is 1.85 bits per heavy atom. The summed E-state index contributed by atoms with van der Waals surface area (Å²) in [5, 5.41) is 11.2. The zero-order valence-corrected chi connectivity index (χ0v) is 18.2. The number of carbonyl (C=O) groups is 2. The molecule has 0 aliphatic carbocycles. The SMILES string of the molecule is CC(C)Oc1cccc(/C(O)=C2/C(=O)C(=O)N(Cc3ccccn3)C2c2ccc(F)cc2)c1. The van der Waals surface area contributed by atoms with E-state index in [1.54, 1.807) is 48.7 Å². The highest BCUT2D eigenvalue weighted by atomic mass is 19.1. The van der Waals surface area contributed by atoms with Gasteiger partial charge in [0.1, 0.15) is 17.3 Å². The summed E-state index contributed by atoms with van der Waals surface area (Å²) < 4.78 is 19.3. The average molecular weight is 446 g/mol. The summed E-state index contributed by atoms with van der Waals surface area (Å²) in [5.41, 5.74) is 1.36. The maximum Gasteiger partial charge on any atom is 0.296 e. The summed E-state index contributed by atoms with van der Waals surface area (Å²) >= 11 is 0. The second kappa shape index (κ2) is 9.24. The van der Waals surface area contributed by atoms with Crippen molar-refractivity contribution in [3.63, 3.8) is 0 Å². The lowest BCUT2D eigenvalue weighted by Gasteiger charge is -2.25. The number of benzene rings is 2. The monoisotopic (exact) mass is 446 g/mol. The van der Waals surface area contributed by atoms with Gasteiger partial charge < -0.3 is 14.7 Å². The van der Waals surface area contributed by atoms with Gasteiger partial charge in [0.05, 0.1) is 30.0 Å². The Morgan fingerprint density at radius 3 is 2.52 bits per heavy atom. The van der Waals surface area contributed by atoms with Gasteiger partial charge in [0.2, 0.25) is 0 Å². The van der Waals surface area contributed by atoms with Crippen LogP contribution in [0.4, 0.5) is 4.39 Å². The molecule has 2 heterocycles. The van der Waals surface area contributed by atoms with Crippen molar-refractivity contribution in [1.29, 1.82) is 0 Å². The number of hydrogen-bond donors (Lipinski definition) is 1. The van der Waals surface area contributed by atoms with Crippen LogP contribution in [0.3, 0.4) is 0 Å². The van der Waals surface area contributed by atoms with Gasteiger partial charge >= 0.3 is 0 Å². The number of ether oxygens (including phenoxy) is 1. The number of likely N-dealkylation sites (tertiary alicyclic amines) is 1. The molecular weight excluding hydrogens is 423 g/mol. The number of aliphatic hydroxyl groups is 1. The molecule has 7 heteroatoms. The van der Waals surface area contributed by atoms with Crippen molar-refractivity contribution in [3.8, 4) is 5.75 Å². The number of ketones is 1. The molecule has 1 N–H and O–H groups in total. The number of carbonyl (C=O) groups excluding carboxylic acids is 2. The van der Waals surface area contributed by atoms with E-state index in [9.17, 15) is 19.1 Å². The van der Waals surface area contributed by atoms with Gasteiger partial charge in [-0.15, -0.1) is 0 Å². The average Bonchev–Trinajstić information content (AvgIpc) is 3.04. The van der Waals surface area contributed by atoms with E-state index in [-0.39, 0.29) is 24.0 Å². The lowest BCUT2D eigenvalue weighted by molar-refractivity contribution is -0.140. The predicted octanol–water partition coefficient (Wildman–Crippen LogP) is 4.63. The van der Waals surface area contributed by atoms with Crippen molar-refractivity contribution in [2.24, 2.45) is 0 Å². The van der Waals surface area contributed by atoms with Crippen LogP contribution in [0.1, 0.15) is 36.7 Å². The third-order valence-electron chi connectivity index (χ3n) is 5.26. The first kappa shape index (κ1) is 22.2. The maximum atomic E-state index is 13.6. The van der Waals surface area contributed by atoms with Gasteiger partial charge in [0.15, 0.2) is 0 Å². The molecule has 0 saturated carbocycles. The number of aliphatic hydroxyl groups excluding tert-OH is 1. The van der Waals surface area contributed by atoms with Crippen LogP contribution >= 0.6 is 0 Å². The van der Waals surface area contributed by atoms with Gasteiger partial charge in [0.25, 0.3) is 11.7 Å².